The van der Waals surface area contributed by atoms with Crippen LogP contribution in [0.3, 0.4) is 0 Å². The van der Waals surface area contributed by atoms with Crippen LogP contribution in [-0.2, 0) is 0 Å². The Labute approximate surface area is 68.3 Å². The van der Waals surface area contributed by atoms with Gasteiger partial charge in [0.1, 0.15) is 0 Å². The lowest BCUT2D eigenvalue weighted by molar-refractivity contribution is 0.642. The highest BCUT2D eigenvalue weighted by Gasteiger charge is 2.14. The van der Waals surface area contributed by atoms with Crippen molar-refractivity contribution in [2.75, 3.05) is 6.54 Å². The Hall–Kier alpha value is -0.570. The fraction of sp³-hybridized carbons (Fsp3) is 0.286. The molecule has 0 aromatic rings. The molecule has 3 heteroatoms. The first-order valence-electron chi connectivity index (χ1n) is 3.24. The molecule has 0 radical (unpaired) electrons. The second-order valence-electron chi connectivity index (χ2n) is 2.35. The molecule has 0 N–H and O–H groups in total. The minimum absolute atomic E-state index is 1.02. The van der Waals surface area contributed by atoms with Crippen molar-refractivity contribution in [2.24, 2.45) is 4.99 Å². The zero-order valence-electron chi connectivity index (χ0n) is 5.42. The van der Waals surface area contributed by atoms with E-state index >= 15 is 0 Å². The summed E-state index contributed by atoms with van der Waals surface area (Å²) < 4.78 is 2.01. The van der Waals surface area contributed by atoms with Crippen LogP contribution in [0.25, 0.3) is 0 Å². The van der Waals surface area contributed by atoms with Crippen molar-refractivity contribution >= 4 is 21.9 Å². The first kappa shape index (κ1) is 6.16. The summed E-state index contributed by atoms with van der Waals surface area (Å²) in [6.07, 6.45) is 6.99. The molecule has 0 aromatic carbocycles. The number of nitrogens with zero attached hydrogens (tertiary/aromatic N) is 2. The van der Waals surface area contributed by atoms with Gasteiger partial charge in [-0.3, -0.25) is 4.99 Å². The van der Waals surface area contributed by atoms with Gasteiger partial charge in [-0.25, -0.2) is 0 Å². The quantitative estimate of drug-likeness (QED) is 0.543. The highest BCUT2D eigenvalue weighted by Crippen LogP contribution is 2.20. The molecule has 0 aliphatic carbocycles. The Kier molecular flexibility index (Phi) is 1.38. The van der Waals surface area contributed by atoms with E-state index in [9.17, 15) is 0 Å². The molecule has 10 heavy (non-hydrogen) atoms. The van der Waals surface area contributed by atoms with Crippen molar-refractivity contribution in [1.82, 2.24) is 3.93 Å². The zero-order valence-corrected chi connectivity index (χ0v) is 7.00. The molecule has 52 valence electrons. The van der Waals surface area contributed by atoms with Gasteiger partial charge in [0.15, 0.2) is 0 Å². The summed E-state index contributed by atoms with van der Waals surface area (Å²) in [5.74, 6) is 0. The van der Waals surface area contributed by atoms with E-state index in [2.05, 4.69) is 27.3 Å². The first-order chi connectivity index (χ1) is 4.86. The van der Waals surface area contributed by atoms with E-state index in [1.54, 1.807) is 0 Å². The lowest BCUT2D eigenvalue weighted by atomic mass is 10.1. The molecule has 0 unspecified atom stereocenters. The van der Waals surface area contributed by atoms with Crippen LogP contribution in [0.5, 0.6) is 0 Å². The smallest absolute Gasteiger partial charge is 0.0509 e. The molecule has 2 nitrogen and oxygen atoms in total. The molecule has 0 spiro atoms. The van der Waals surface area contributed by atoms with Gasteiger partial charge < -0.3 is 3.93 Å². The molecule has 2 heterocycles. The molecule has 0 fully saturated rings. The van der Waals surface area contributed by atoms with Crippen molar-refractivity contribution in [2.45, 2.75) is 6.42 Å². The van der Waals surface area contributed by atoms with Crippen LogP contribution in [0.15, 0.2) is 29.0 Å². The molecule has 2 aliphatic heterocycles. The van der Waals surface area contributed by atoms with Crippen molar-refractivity contribution in [3.8, 4) is 0 Å². The molecular weight excluding hydrogens is 192 g/mol. The van der Waals surface area contributed by atoms with Gasteiger partial charge in [-0.2, -0.15) is 0 Å². The second kappa shape index (κ2) is 2.23. The first-order valence-corrected chi connectivity index (χ1v) is 3.95. The molecule has 2 aliphatic rings. The van der Waals surface area contributed by atoms with Crippen molar-refractivity contribution in [1.29, 1.82) is 0 Å². The monoisotopic (exact) mass is 198 g/mol. The second-order valence-corrected chi connectivity index (χ2v) is 3.26. The number of fused-ring (bicyclic) bond motifs is 1. The number of rotatable bonds is 0. The average Bonchev–Trinajstić information content (AvgIpc) is 2.33. The van der Waals surface area contributed by atoms with Crippen LogP contribution in [0.1, 0.15) is 6.42 Å². The highest BCUT2D eigenvalue weighted by atomic mass is 79.9. The number of hydrogen-bond donors (Lipinski definition) is 0. The van der Waals surface area contributed by atoms with Crippen molar-refractivity contribution in [3.63, 3.8) is 0 Å². The Morgan fingerprint density at radius 1 is 1.60 bits per heavy atom. The molecule has 0 saturated carbocycles. The van der Waals surface area contributed by atoms with E-state index in [0.717, 1.165) is 13.0 Å². The van der Waals surface area contributed by atoms with E-state index < -0.39 is 0 Å². The lowest BCUT2D eigenvalue weighted by Crippen LogP contribution is -2.17. The Morgan fingerprint density at radius 3 is 3.40 bits per heavy atom. The van der Waals surface area contributed by atoms with E-state index in [0.29, 0.717) is 0 Å². The third-order valence-corrected chi connectivity index (χ3v) is 2.22. The van der Waals surface area contributed by atoms with E-state index in [4.69, 9.17) is 0 Å². The average molecular weight is 199 g/mol. The van der Waals surface area contributed by atoms with Crippen molar-refractivity contribution in [3.05, 3.63) is 24.0 Å². The van der Waals surface area contributed by atoms with Gasteiger partial charge in [-0.15, -0.1) is 0 Å². The SMILES string of the molecule is BrN1C=C2C=CN=C2CC1. The fourth-order valence-corrected chi connectivity index (χ4v) is 1.53. The molecule has 0 saturated heterocycles. The van der Waals surface area contributed by atoms with E-state index in [-0.39, 0.29) is 0 Å². The Bertz CT molecular complexity index is 240. The van der Waals surface area contributed by atoms with Gasteiger partial charge in [-0.05, 0) is 6.08 Å². The predicted molar refractivity (Wildman–Crippen MR) is 44.9 cm³/mol. The number of halogens is 1. The summed E-state index contributed by atoms with van der Waals surface area (Å²) >= 11 is 3.39. The van der Waals surface area contributed by atoms with Crippen LogP contribution in [0, 0.1) is 0 Å². The number of allylic oxidation sites excluding steroid dienone is 2. The van der Waals surface area contributed by atoms with Gasteiger partial charge in [-0.1, -0.05) is 0 Å². The molecular formula is C7H7BrN2. The molecule has 0 bridgehead atoms. The van der Waals surface area contributed by atoms with Gasteiger partial charge in [0.25, 0.3) is 0 Å². The molecule has 2 rings (SSSR count). The Balaban J connectivity index is 2.34. The minimum atomic E-state index is 1.02. The summed E-state index contributed by atoms with van der Waals surface area (Å²) in [6.45, 7) is 1.02. The normalized spacial score (nSPS) is 22.3. The van der Waals surface area contributed by atoms with Gasteiger partial charge in [0, 0.05) is 47.1 Å². The standard InChI is InChI=1S/C7H7BrN2/c8-10-4-2-7-6(5-10)1-3-9-7/h1,3,5H,2,4H2. The number of aliphatic imine (C=N–C) groups is 1. The van der Waals surface area contributed by atoms with E-state index in [1.807, 2.05) is 16.2 Å². The molecule has 0 aromatic heterocycles. The van der Waals surface area contributed by atoms with Gasteiger partial charge in [0.2, 0.25) is 0 Å². The number of hydrogen-bond acceptors (Lipinski definition) is 2. The van der Waals surface area contributed by atoms with E-state index in [1.165, 1.54) is 11.3 Å². The largest absolute Gasteiger partial charge is 0.315 e. The third-order valence-electron chi connectivity index (χ3n) is 1.66. The van der Waals surface area contributed by atoms with Crippen LogP contribution < -0.4 is 0 Å². The summed E-state index contributed by atoms with van der Waals surface area (Å²) in [5.41, 5.74) is 2.46. The third kappa shape index (κ3) is 0.904. The highest BCUT2D eigenvalue weighted by molar-refractivity contribution is 9.07. The maximum absolute atomic E-state index is 4.21. The predicted octanol–water partition coefficient (Wildman–Crippen LogP) is 1.85. The van der Waals surface area contributed by atoms with Crippen LogP contribution in [-0.4, -0.2) is 16.2 Å². The minimum Gasteiger partial charge on any atom is -0.315 e. The summed E-state index contributed by atoms with van der Waals surface area (Å²) in [6, 6.07) is 0. The van der Waals surface area contributed by atoms with Gasteiger partial charge in [0.05, 0.1) is 5.71 Å². The topological polar surface area (TPSA) is 15.6 Å². The van der Waals surface area contributed by atoms with Crippen molar-refractivity contribution < 1.29 is 0 Å². The summed E-state index contributed by atoms with van der Waals surface area (Å²) in [7, 11) is 0. The summed E-state index contributed by atoms with van der Waals surface area (Å²) in [4.78, 5) is 4.21. The van der Waals surface area contributed by atoms with Crippen LogP contribution >= 0.6 is 16.1 Å². The van der Waals surface area contributed by atoms with Crippen LogP contribution in [0.4, 0.5) is 0 Å². The molecule has 0 amide bonds. The van der Waals surface area contributed by atoms with Crippen LogP contribution in [0.2, 0.25) is 0 Å². The van der Waals surface area contributed by atoms with Gasteiger partial charge >= 0.3 is 0 Å². The summed E-state index contributed by atoms with van der Waals surface area (Å²) in [5, 5.41) is 0. The fourth-order valence-electron chi connectivity index (χ4n) is 1.13. The maximum atomic E-state index is 4.21. The zero-order chi connectivity index (χ0) is 6.97. The Morgan fingerprint density at radius 2 is 2.50 bits per heavy atom. The maximum Gasteiger partial charge on any atom is 0.0509 e. The molecule has 0 atom stereocenters. The lowest BCUT2D eigenvalue weighted by Gasteiger charge is -2.17.